The number of rotatable bonds is 69. The maximum atomic E-state index is 13.7. The molecule has 0 aromatic heterocycles. The van der Waals surface area contributed by atoms with Crippen molar-refractivity contribution >= 4 is 19.7 Å². The summed E-state index contributed by atoms with van der Waals surface area (Å²) in [6.45, 7) is 7.00. The van der Waals surface area contributed by atoms with Crippen LogP contribution in [0.2, 0.25) is 0 Å². The third-order valence-corrected chi connectivity index (χ3v) is 17.8. The van der Waals surface area contributed by atoms with Crippen molar-refractivity contribution in [2.75, 3.05) is 40.9 Å². The SMILES string of the molecule is CCCCC/C=C\C/C=C\C/C=C\C/C=C\CCCCCCCCCCCCCC(=O)OC(/C=C/CCCCCCCCCCCCC)C(COP(=O)(O)OCC[N+](C)(C)C)NC(=O)CCCCCCCCCCCCCCC/C=C\C/C=C\CCCCC. The summed E-state index contributed by atoms with van der Waals surface area (Å²) in [7, 11) is 1.50. The molecule has 3 atom stereocenters. The predicted octanol–water partition coefficient (Wildman–Crippen LogP) is 24.5. The summed E-state index contributed by atoms with van der Waals surface area (Å²) in [5.74, 6) is -0.499. The number of phosphoric ester groups is 1. The number of quaternary nitrogens is 1. The number of amides is 1. The molecule has 0 radical (unpaired) electrons. The number of allylic oxidation sites excluding steroid dienone is 13. The number of hydrogen-bond acceptors (Lipinski definition) is 6. The van der Waals surface area contributed by atoms with Gasteiger partial charge in [-0.25, -0.2) is 4.57 Å². The predicted molar refractivity (Wildman–Crippen MR) is 388 cm³/mol. The van der Waals surface area contributed by atoms with E-state index in [1.54, 1.807) is 0 Å². The molecular weight excluding hydrogens is 1120 g/mol. The summed E-state index contributed by atoms with van der Waals surface area (Å²) in [6, 6.07) is -0.855. The standard InChI is InChI=1S/C79H145N2O7P/c1-7-10-13-16-19-22-25-28-30-32-34-36-38-39-40-41-43-45-47-49-51-54-57-60-63-66-69-72-79(83)88-77(70-67-64-61-58-55-52-27-24-21-18-15-12-9-3)76(75-87-89(84,85)86-74-73-81(4,5)6)80-78(82)71-68-65-62-59-56-53-50-48-46-44-42-37-35-33-31-29-26-23-20-17-14-11-8-2/h19-20,22-23,28-31,34,36,39-40,67,70,76-77H,7-18,21,24-27,32-33,35,37-38,41-66,68-69,71-75H2,1-6H3,(H-,80,82,84,85)/p+1/b22-19-,23-20-,30-28-,31-29-,36-34-,40-39-,70-67+. The van der Waals surface area contributed by atoms with Gasteiger partial charge in [-0.2, -0.15) is 0 Å². The van der Waals surface area contributed by atoms with Crippen LogP contribution in [0.1, 0.15) is 355 Å². The number of phosphoric acid groups is 1. The van der Waals surface area contributed by atoms with Gasteiger partial charge in [0.05, 0.1) is 33.8 Å². The molecule has 0 saturated carbocycles. The molecule has 0 rings (SSSR count). The van der Waals surface area contributed by atoms with Gasteiger partial charge in [0, 0.05) is 12.8 Å². The molecule has 0 aromatic rings. The molecule has 0 aliphatic carbocycles. The highest BCUT2D eigenvalue weighted by Gasteiger charge is 2.30. The van der Waals surface area contributed by atoms with E-state index in [0.717, 1.165) is 83.5 Å². The molecule has 0 aliphatic rings. The van der Waals surface area contributed by atoms with E-state index < -0.39 is 20.0 Å². The Balaban J connectivity index is 5.03. The quantitative estimate of drug-likeness (QED) is 0.0205. The van der Waals surface area contributed by atoms with E-state index in [9.17, 15) is 19.0 Å². The molecule has 1 amide bonds. The van der Waals surface area contributed by atoms with Crippen LogP contribution >= 0.6 is 7.82 Å². The van der Waals surface area contributed by atoms with Crippen LogP contribution in [0.3, 0.4) is 0 Å². The molecule has 518 valence electrons. The third kappa shape index (κ3) is 69.4. The second kappa shape index (κ2) is 68.1. The van der Waals surface area contributed by atoms with Crippen LogP contribution in [0.15, 0.2) is 85.1 Å². The lowest BCUT2D eigenvalue weighted by molar-refractivity contribution is -0.870. The maximum Gasteiger partial charge on any atom is 0.472 e. The second-order valence-electron chi connectivity index (χ2n) is 26.8. The van der Waals surface area contributed by atoms with Crippen LogP contribution < -0.4 is 5.32 Å². The molecule has 0 saturated heterocycles. The summed E-state index contributed by atoms with van der Waals surface area (Å²) in [6.07, 6.45) is 91.7. The van der Waals surface area contributed by atoms with Gasteiger partial charge in [0.15, 0.2) is 0 Å². The fourth-order valence-electron chi connectivity index (χ4n) is 11.0. The lowest BCUT2D eigenvalue weighted by Crippen LogP contribution is -2.47. The Morgan fingerprint density at radius 1 is 0.393 bits per heavy atom. The van der Waals surface area contributed by atoms with Gasteiger partial charge in [-0.15, -0.1) is 0 Å². The minimum atomic E-state index is -4.46. The van der Waals surface area contributed by atoms with E-state index >= 15 is 0 Å². The number of carbonyl (C=O) groups is 2. The van der Waals surface area contributed by atoms with Gasteiger partial charge in [-0.3, -0.25) is 18.6 Å². The molecule has 89 heavy (non-hydrogen) atoms. The van der Waals surface area contributed by atoms with Crippen molar-refractivity contribution in [3.05, 3.63) is 85.1 Å². The summed E-state index contributed by atoms with van der Waals surface area (Å²) in [4.78, 5) is 38.0. The average molecular weight is 1270 g/mol. The van der Waals surface area contributed by atoms with Crippen LogP contribution in [0.5, 0.6) is 0 Å². The first-order valence-corrected chi connectivity index (χ1v) is 39.4. The molecular formula is C79H146N2O7P+. The highest BCUT2D eigenvalue weighted by Crippen LogP contribution is 2.43. The molecule has 0 fully saturated rings. The smallest absolute Gasteiger partial charge is 0.456 e. The van der Waals surface area contributed by atoms with E-state index in [-0.39, 0.29) is 31.5 Å². The second-order valence-corrected chi connectivity index (χ2v) is 28.3. The zero-order valence-corrected chi connectivity index (χ0v) is 60.3. The topological polar surface area (TPSA) is 111 Å². The van der Waals surface area contributed by atoms with Crippen LogP contribution in [-0.4, -0.2) is 74.3 Å². The van der Waals surface area contributed by atoms with Gasteiger partial charge in [-0.1, -0.05) is 318 Å². The number of nitrogens with zero attached hydrogens (tertiary/aromatic N) is 1. The Morgan fingerprint density at radius 2 is 0.685 bits per heavy atom. The number of likely N-dealkylation sites (N-methyl/N-ethyl adjacent to an activating group) is 1. The first kappa shape index (κ1) is 86.2. The lowest BCUT2D eigenvalue weighted by Gasteiger charge is -2.27. The average Bonchev–Trinajstić information content (AvgIpc) is 3.63. The van der Waals surface area contributed by atoms with Crippen molar-refractivity contribution in [1.29, 1.82) is 0 Å². The number of nitrogens with one attached hydrogen (secondary N) is 1. The van der Waals surface area contributed by atoms with Crippen molar-refractivity contribution < 1.29 is 37.3 Å². The van der Waals surface area contributed by atoms with E-state index in [2.05, 4.69) is 99.0 Å². The zero-order valence-electron chi connectivity index (χ0n) is 59.4. The fourth-order valence-corrected chi connectivity index (χ4v) is 11.7. The minimum Gasteiger partial charge on any atom is -0.456 e. The van der Waals surface area contributed by atoms with Crippen LogP contribution in [-0.2, 0) is 27.9 Å². The van der Waals surface area contributed by atoms with Crippen molar-refractivity contribution in [1.82, 2.24) is 5.32 Å². The molecule has 0 aromatic carbocycles. The Labute approximate surface area is 552 Å². The first-order chi connectivity index (χ1) is 43.4. The van der Waals surface area contributed by atoms with Crippen molar-refractivity contribution in [3.8, 4) is 0 Å². The molecule has 3 unspecified atom stereocenters. The Kier molecular flexibility index (Phi) is 65.9. The van der Waals surface area contributed by atoms with Gasteiger partial charge in [-0.05, 0) is 109 Å². The highest BCUT2D eigenvalue weighted by molar-refractivity contribution is 7.47. The summed E-state index contributed by atoms with van der Waals surface area (Å²) < 4.78 is 30.9. The van der Waals surface area contributed by atoms with E-state index in [4.69, 9.17) is 13.8 Å². The van der Waals surface area contributed by atoms with Gasteiger partial charge >= 0.3 is 13.8 Å². The zero-order chi connectivity index (χ0) is 64.9. The summed E-state index contributed by atoms with van der Waals surface area (Å²) >= 11 is 0. The largest absolute Gasteiger partial charge is 0.472 e. The molecule has 0 heterocycles. The van der Waals surface area contributed by atoms with E-state index in [1.807, 2.05) is 33.3 Å². The summed E-state index contributed by atoms with van der Waals surface area (Å²) in [5.41, 5.74) is 0. The Bertz CT molecular complexity index is 1800. The van der Waals surface area contributed by atoms with Crippen LogP contribution in [0.4, 0.5) is 0 Å². The number of unbranched alkanes of at least 4 members (excludes halogenated alkanes) is 41. The molecule has 0 spiro atoms. The van der Waals surface area contributed by atoms with Gasteiger partial charge in [0.1, 0.15) is 19.3 Å². The molecule has 2 N–H and O–H groups in total. The monoisotopic (exact) mass is 1270 g/mol. The van der Waals surface area contributed by atoms with E-state index in [1.165, 1.54) is 238 Å². The molecule has 9 nitrogen and oxygen atoms in total. The van der Waals surface area contributed by atoms with Crippen LogP contribution in [0, 0.1) is 0 Å². The van der Waals surface area contributed by atoms with Gasteiger partial charge in [0.25, 0.3) is 0 Å². The molecule has 10 heteroatoms. The van der Waals surface area contributed by atoms with Crippen molar-refractivity contribution in [3.63, 3.8) is 0 Å². The Morgan fingerprint density at radius 3 is 1.04 bits per heavy atom. The van der Waals surface area contributed by atoms with Crippen molar-refractivity contribution in [2.24, 2.45) is 0 Å². The number of ether oxygens (including phenoxy) is 1. The number of esters is 1. The third-order valence-electron chi connectivity index (χ3n) is 16.8. The first-order valence-electron chi connectivity index (χ1n) is 37.9. The minimum absolute atomic E-state index is 0.0381. The van der Waals surface area contributed by atoms with Gasteiger partial charge < -0.3 is 19.4 Å². The lowest BCUT2D eigenvalue weighted by atomic mass is 10.0. The maximum absolute atomic E-state index is 13.7. The molecule has 0 aliphatic heterocycles. The fraction of sp³-hybridized carbons (Fsp3) is 0.797. The number of carbonyl (C=O) groups excluding carboxylic acids is 2. The number of hydrogen-bond donors (Lipinski definition) is 2. The highest BCUT2D eigenvalue weighted by atomic mass is 31.2. The van der Waals surface area contributed by atoms with Crippen LogP contribution in [0.25, 0.3) is 0 Å². The van der Waals surface area contributed by atoms with E-state index in [0.29, 0.717) is 17.4 Å². The summed E-state index contributed by atoms with van der Waals surface area (Å²) in [5, 5.41) is 3.08. The van der Waals surface area contributed by atoms with Gasteiger partial charge in [0.2, 0.25) is 5.91 Å². The molecule has 0 bridgehead atoms. The van der Waals surface area contributed by atoms with Crippen molar-refractivity contribution in [2.45, 2.75) is 367 Å². The normalized spacial score (nSPS) is 13.9. The Hall–Kier alpha value is -2.81.